The topological polar surface area (TPSA) is 42.2 Å². The first-order chi connectivity index (χ1) is 9.92. The van der Waals surface area contributed by atoms with Gasteiger partial charge in [0.2, 0.25) is 0 Å². The standard InChI is InChI=1S/C16H12N4/c1-2-6-12(7-3-1)18-16-15-10-17-11-20(15)14-9-5-4-8-13(14)19-16/h1-11H,(H,18,19). The maximum atomic E-state index is 4.70. The fraction of sp³-hybridized carbons (Fsp3) is 0. The number of benzene rings is 2. The third-order valence-corrected chi connectivity index (χ3v) is 3.29. The van der Waals surface area contributed by atoms with Crippen molar-refractivity contribution < 1.29 is 0 Å². The van der Waals surface area contributed by atoms with Crippen molar-refractivity contribution in [2.75, 3.05) is 5.32 Å². The SMILES string of the molecule is c1ccc(Nc2nc3ccccc3n3cncc23)cc1. The molecule has 0 atom stereocenters. The Kier molecular flexibility index (Phi) is 2.39. The fourth-order valence-electron chi connectivity index (χ4n) is 2.35. The van der Waals surface area contributed by atoms with E-state index < -0.39 is 0 Å². The molecule has 0 aliphatic rings. The van der Waals surface area contributed by atoms with Gasteiger partial charge in [-0.3, -0.25) is 4.40 Å². The molecule has 0 saturated carbocycles. The minimum atomic E-state index is 0.812. The Bertz CT molecular complexity index is 881. The molecule has 0 spiro atoms. The van der Waals surface area contributed by atoms with Gasteiger partial charge in [0.1, 0.15) is 5.52 Å². The van der Waals surface area contributed by atoms with Crippen molar-refractivity contribution in [1.29, 1.82) is 0 Å². The second-order valence-corrected chi connectivity index (χ2v) is 4.59. The van der Waals surface area contributed by atoms with E-state index in [1.54, 1.807) is 0 Å². The van der Waals surface area contributed by atoms with Crippen LogP contribution in [0.3, 0.4) is 0 Å². The largest absolute Gasteiger partial charge is 0.338 e. The van der Waals surface area contributed by atoms with Crippen LogP contribution in [0.25, 0.3) is 16.6 Å². The minimum Gasteiger partial charge on any atom is -0.338 e. The van der Waals surface area contributed by atoms with Gasteiger partial charge in [0.25, 0.3) is 0 Å². The smallest absolute Gasteiger partial charge is 0.157 e. The molecule has 96 valence electrons. The van der Waals surface area contributed by atoms with Crippen molar-refractivity contribution in [2.45, 2.75) is 0 Å². The Labute approximate surface area is 115 Å². The molecule has 0 unspecified atom stereocenters. The lowest BCUT2D eigenvalue weighted by Crippen LogP contribution is -1.98. The van der Waals surface area contributed by atoms with E-state index in [2.05, 4.69) is 10.3 Å². The van der Waals surface area contributed by atoms with Crippen LogP contribution in [-0.2, 0) is 0 Å². The van der Waals surface area contributed by atoms with Gasteiger partial charge in [-0.25, -0.2) is 9.97 Å². The summed E-state index contributed by atoms with van der Waals surface area (Å²) in [5.41, 5.74) is 3.97. The predicted molar refractivity (Wildman–Crippen MR) is 80.2 cm³/mol. The van der Waals surface area contributed by atoms with Gasteiger partial charge in [0.05, 0.1) is 23.6 Å². The minimum absolute atomic E-state index is 0.812. The van der Waals surface area contributed by atoms with Crippen LogP contribution in [0, 0.1) is 0 Å². The maximum Gasteiger partial charge on any atom is 0.157 e. The molecule has 2 aromatic carbocycles. The summed E-state index contributed by atoms with van der Waals surface area (Å²) >= 11 is 0. The van der Waals surface area contributed by atoms with Crippen molar-refractivity contribution >= 4 is 28.1 Å². The van der Waals surface area contributed by atoms with E-state index in [9.17, 15) is 0 Å². The van der Waals surface area contributed by atoms with Gasteiger partial charge in [-0.05, 0) is 24.3 Å². The first kappa shape index (κ1) is 11.0. The van der Waals surface area contributed by atoms with Gasteiger partial charge in [-0.15, -0.1) is 0 Å². The quantitative estimate of drug-likeness (QED) is 0.598. The molecule has 4 rings (SSSR count). The number of aromatic nitrogens is 3. The molecule has 2 aromatic heterocycles. The fourth-order valence-corrected chi connectivity index (χ4v) is 2.35. The van der Waals surface area contributed by atoms with E-state index in [1.165, 1.54) is 0 Å². The van der Waals surface area contributed by atoms with Gasteiger partial charge >= 0.3 is 0 Å². The Morgan fingerprint density at radius 1 is 0.850 bits per heavy atom. The van der Waals surface area contributed by atoms with E-state index in [4.69, 9.17) is 4.98 Å². The third-order valence-electron chi connectivity index (χ3n) is 3.29. The van der Waals surface area contributed by atoms with Crippen LogP contribution in [0.2, 0.25) is 0 Å². The Hall–Kier alpha value is -2.88. The maximum absolute atomic E-state index is 4.70. The Balaban J connectivity index is 1.95. The highest BCUT2D eigenvalue weighted by Gasteiger charge is 2.08. The second kappa shape index (κ2) is 4.35. The van der Waals surface area contributed by atoms with Crippen molar-refractivity contribution in [3.8, 4) is 0 Å². The molecule has 0 saturated heterocycles. The molecule has 4 aromatic rings. The molecule has 4 heteroatoms. The highest BCUT2D eigenvalue weighted by atomic mass is 15.1. The zero-order valence-corrected chi connectivity index (χ0v) is 10.7. The molecule has 0 radical (unpaired) electrons. The summed E-state index contributed by atoms with van der Waals surface area (Å²) in [5.74, 6) is 0.812. The van der Waals surface area contributed by atoms with Crippen LogP contribution in [0.15, 0.2) is 67.1 Å². The second-order valence-electron chi connectivity index (χ2n) is 4.59. The van der Waals surface area contributed by atoms with Gasteiger partial charge in [-0.1, -0.05) is 30.3 Å². The van der Waals surface area contributed by atoms with Crippen molar-refractivity contribution in [2.24, 2.45) is 0 Å². The lowest BCUT2D eigenvalue weighted by molar-refractivity contribution is 1.19. The normalized spacial score (nSPS) is 11.0. The highest BCUT2D eigenvalue weighted by molar-refractivity contribution is 5.85. The zero-order chi connectivity index (χ0) is 13.4. The molecular weight excluding hydrogens is 248 g/mol. The molecule has 2 heterocycles. The molecule has 0 aliphatic carbocycles. The van der Waals surface area contributed by atoms with E-state index in [0.717, 1.165) is 28.1 Å². The van der Waals surface area contributed by atoms with Crippen LogP contribution >= 0.6 is 0 Å². The number of rotatable bonds is 2. The third kappa shape index (κ3) is 1.70. The molecule has 1 N–H and O–H groups in total. The van der Waals surface area contributed by atoms with Crippen LogP contribution in [0.5, 0.6) is 0 Å². The molecule has 0 bridgehead atoms. The number of anilines is 2. The Morgan fingerprint density at radius 3 is 2.55 bits per heavy atom. The number of hydrogen-bond acceptors (Lipinski definition) is 3. The number of nitrogens with one attached hydrogen (secondary N) is 1. The van der Waals surface area contributed by atoms with Crippen LogP contribution in [-0.4, -0.2) is 14.4 Å². The number of nitrogens with zero attached hydrogens (tertiary/aromatic N) is 3. The van der Waals surface area contributed by atoms with Gasteiger partial charge in [0.15, 0.2) is 5.82 Å². The first-order valence-corrected chi connectivity index (χ1v) is 6.45. The Morgan fingerprint density at radius 2 is 1.65 bits per heavy atom. The van der Waals surface area contributed by atoms with Gasteiger partial charge < -0.3 is 5.32 Å². The van der Waals surface area contributed by atoms with Crippen molar-refractivity contribution in [1.82, 2.24) is 14.4 Å². The van der Waals surface area contributed by atoms with Crippen molar-refractivity contribution in [3.05, 3.63) is 67.1 Å². The number of imidazole rings is 1. The van der Waals surface area contributed by atoms with Gasteiger partial charge in [0, 0.05) is 5.69 Å². The summed E-state index contributed by atoms with van der Waals surface area (Å²) in [5, 5.41) is 3.35. The highest BCUT2D eigenvalue weighted by Crippen LogP contribution is 2.24. The molecular formula is C16H12N4. The summed E-state index contributed by atoms with van der Waals surface area (Å²) in [6.45, 7) is 0. The monoisotopic (exact) mass is 260 g/mol. The molecule has 0 fully saturated rings. The van der Waals surface area contributed by atoms with E-state index in [-0.39, 0.29) is 0 Å². The van der Waals surface area contributed by atoms with Gasteiger partial charge in [-0.2, -0.15) is 0 Å². The zero-order valence-electron chi connectivity index (χ0n) is 10.7. The summed E-state index contributed by atoms with van der Waals surface area (Å²) in [4.78, 5) is 8.94. The summed E-state index contributed by atoms with van der Waals surface area (Å²) in [7, 11) is 0. The van der Waals surface area contributed by atoms with E-state index >= 15 is 0 Å². The molecule has 0 amide bonds. The van der Waals surface area contributed by atoms with E-state index in [1.807, 2.05) is 71.5 Å². The lowest BCUT2D eigenvalue weighted by Gasteiger charge is -2.09. The summed E-state index contributed by atoms with van der Waals surface area (Å²) in [6.07, 6.45) is 3.64. The van der Waals surface area contributed by atoms with E-state index in [0.29, 0.717) is 0 Å². The molecule has 0 aliphatic heterocycles. The average molecular weight is 260 g/mol. The average Bonchev–Trinajstić information content (AvgIpc) is 2.98. The lowest BCUT2D eigenvalue weighted by atomic mass is 10.3. The number of para-hydroxylation sites is 3. The van der Waals surface area contributed by atoms with Crippen LogP contribution in [0.1, 0.15) is 0 Å². The molecule has 4 nitrogen and oxygen atoms in total. The van der Waals surface area contributed by atoms with Crippen molar-refractivity contribution in [3.63, 3.8) is 0 Å². The summed E-state index contributed by atoms with van der Waals surface area (Å²) in [6, 6.07) is 18.1. The summed E-state index contributed by atoms with van der Waals surface area (Å²) < 4.78 is 2.05. The number of hydrogen-bond donors (Lipinski definition) is 1. The predicted octanol–water partition coefficient (Wildman–Crippen LogP) is 3.63. The molecule has 20 heavy (non-hydrogen) atoms. The van der Waals surface area contributed by atoms with Crippen LogP contribution in [0.4, 0.5) is 11.5 Å². The van der Waals surface area contributed by atoms with Crippen LogP contribution < -0.4 is 5.32 Å². The first-order valence-electron chi connectivity index (χ1n) is 6.45. The number of fused-ring (bicyclic) bond motifs is 3.